The fourth-order valence-corrected chi connectivity index (χ4v) is 6.39. The number of likely N-dealkylation sites (tertiary alicyclic amines) is 1. The molecule has 0 spiro atoms. The maximum absolute atomic E-state index is 14.3. The molecule has 12 nitrogen and oxygen atoms in total. The van der Waals surface area contributed by atoms with Crippen molar-refractivity contribution < 1.29 is 14.6 Å². The number of piperazine rings is 1. The highest BCUT2D eigenvalue weighted by molar-refractivity contribution is 6.36. The van der Waals surface area contributed by atoms with Crippen LogP contribution in [0.1, 0.15) is 25.1 Å². The first-order valence-corrected chi connectivity index (χ1v) is 14.6. The number of hydrogen-bond donors (Lipinski definition) is 1. The van der Waals surface area contributed by atoms with Gasteiger partial charge in [-0.05, 0) is 50.9 Å². The van der Waals surface area contributed by atoms with Crippen molar-refractivity contribution in [1.29, 1.82) is 5.26 Å². The van der Waals surface area contributed by atoms with Gasteiger partial charge in [0.15, 0.2) is 11.3 Å². The van der Waals surface area contributed by atoms with E-state index < -0.39 is 17.7 Å². The van der Waals surface area contributed by atoms with E-state index in [0.29, 0.717) is 35.5 Å². The summed E-state index contributed by atoms with van der Waals surface area (Å²) in [7, 11) is 2.05. The number of fused-ring (bicyclic) bond motifs is 2. The lowest BCUT2D eigenvalue weighted by Crippen LogP contribution is -2.55. The van der Waals surface area contributed by atoms with Gasteiger partial charge in [-0.3, -0.25) is 9.36 Å². The number of nitrogens with zero attached hydrogens (tertiary/aromatic N) is 8. The molecule has 43 heavy (non-hydrogen) atoms. The van der Waals surface area contributed by atoms with Crippen molar-refractivity contribution in [3.8, 4) is 17.8 Å². The van der Waals surface area contributed by atoms with E-state index >= 15 is 0 Å². The van der Waals surface area contributed by atoms with Crippen molar-refractivity contribution in [3.63, 3.8) is 0 Å². The molecule has 2 aromatic carbocycles. The Kier molecular flexibility index (Phi) is 7.77. The predicted molar refractivity (Wildman–Crippen MR) is 162 cm³/mol. The minimum atomic E-state index is -1.08. The van der Waals surface area contributed by atoms with Crippen LogP contribution in [0.4, 0.5) is 10.6 Å². The fourth-order valence-electron chi connectivity index (χ4n) is 6.11. The van der Waals surface area contributed by atoms with Gasteiger partial charge in [-0.1, -0.05) is 35.9 Å². The van der Waals surface area contributed by atoms with E-state index in [1.54, 1.807) is 13.0 Å². The average Bonchev–Trinajstić information content (AvgIpc) is 3.40. The summed E-state index contributed by atoms with van der Waals surface area (Å²) in [5.74, 6) is 0.782. The third-order valence-corrected chi connectivity index (χ3v) is 8.67. The summed E-state index contributed by atoms with van der Waals surface area (Å²) in [6, 6.07) is 12.9. The number of halogens is 1. The van der Waals surface area contributed by atoms with Crippen LogP contribution >= 0.6 is 11.6 Å². The van der Waals surface area contributed by atoms with Crippen LogP contribution in [0, 0.1) is 18.3 Å². The zero-order valence-corrected chi connectivity index (χ0v) is 24.7. The van der Waals surface area contributed by atoms with Gasteiger partial charge in [0.2, 0.25) is 0 Å². The number of carbonyl (C=O) groups is 1. The lowest BCUT2D eigenvalue weighted by atomic mass is 10.1. The number of likely N-dealkylation sites (N-methyl/N-ethyl adjacent to an activating group) is 1. The van der Waals surface area contributed by atoms with Crippen LogP contribution in [0.15, 0.2) is 41.2 Å². The summed E-state index contributed by atoms with van der Waals surface area (Å²) in [5, 5.41) is 21.2. The summed E-state index contributed by atoms with van der Waals surface area (Å²) >= 11 is 6.61. The number of anilines is 1. The molecule has 222 valence electrons. The second kappa shape index (κ2) is 11.7. The van der Waals surface area contributed by atoms with Crippen LogP contribution in [-0.2, 0) is 0 Å². The van der Waals surface area contributed by atoms with E-state index in [1.165, 1.54) is 9.47 Å². The van der Waals surface area contributed by atoms with Gasteiger partial charge in [-0.25, -0.2) is 9.78 Å². The summed E-state index contributed by atoms with van der Waals surface area (Å²) in [6.45, 7) is 3.75. The molecule has 0 radical (unpaired) electrons. The molecule has 2 atom stereocenters. The molecule has 1 amide bonds. The number of carboxylic acid groups (broad SMARTS) is 1. The van der Waals surface area contributed by atoms with Crippen molar-refractivity contribution in [2.45, 2.75) is 38.3 Å². The van der Waals surface area contributed by atoms with Crippen LogP contribution in [0.25, 0.3) is 27.5 Å². The van der Waals surface area contributed by atoms with Gasteiger partial charge >= 0.3 is 12.1 Å². The standard InChI is InChI=1S/C30H31ClN8O4/c1-18-33-25-26(28(40)39(18)23-10-4-7-19-6-3-9-22(31)24(19)23)34-29(43-17-21-8-5-13-36(21)2)35-27(25)37-14-15-38(30(41)42)20(16-37)11-12-32/h3-4,6-7,9-10,20-21H,5,8,11,13-17H2,1-2H3,(H,41,42)/t20-,21-/m0/s1. The first-order valence-electron chi connectivity index (χ1n) is 14.2. The Balaban J connectivity index is 1.51. The number of ether oxygens (including phenoxy) is 1. The van der Waals surface area contributed by atoms with Crippen molar-refractivity contribution >= 4 is 45.3 Å². The highest BCUT2D eigenvalue weighted by Crippen LogP contribution is 2.31. The van der Waals surface area contributed by atoms with Crippen molar-refractivity contribution in [3.05, 3.63) is 57.6 Å². The van der Waals surface area contributed by atoms with Crippen molar-refractivity contribution in [1.82, 2.24) is 29.3 Å². The van der Waals surface area contributed by atoms with E-state index in [0.717, 1.165) is 30.2 Å². The third kappa shape index (κ3) is 5.30. The molecule has 2 aliphatic rings. The van der Waals surface area contributed by atoms with Crippen LogP contribution in [0.3, 0.4) is 0 Å². The largest absolute Gasteiger partial charge is 0.465 e. The number of aryl methyl sites for hydroxylation is 1. The molecule has 1 N–H and O–H groups in total. The Hall–Kier alpha value is -4.47. The molecule has 0 bridgehead atoms. The van der Waals surface area contributed by atoms with Crippen LogP contribution in [0.2, 0.25) is 5.02 Å². The summed E-state index contributed by atoms with van der Waals surface area (Å²) in [5.41, 5.74) is 0.542. The molecule has 0 saturated carbocycles. The SMILES string of the molecule is Cc1nc2c(N3CCN(C(=O)O)[C@@H](CC#N)C3)nc(OC[C@@H]3CCCN3C)nc2c(=O)n1-c1cccc2cccc(Cl)c12. The van der Waals surface area contributed by atoms with Gasteiger partial charge in [0, 0.05) is 31.1 Å². The normalized spacial score (nSPS) is 19.2. The molecular weight excluding hydrogens is 572 g/mol. The minimum Gasteiger partial charge on any atom is -0.465 e. The number of aromatic nitrogens is 4. The Labute approximate surface area is 252 Å². The minimum absolute atomic E-state index is 0.0181. The van der Waals surface area contributed by atoms with Gasteiger partial charge < -0.3 is 24.5 Å². The highest BCUT2D eigenvalue weighted by Gasteiger charge is 2.33. The van der Waals surface area contributed by atoms with Crippen molar-refractivity contribution in [2.24, 2.45) is 0 Å². The lowest BCUT2D eigenvalue weighted by molar-refractivity contribution is 0.119. The van der Waals surface area contributed by atoms with Crippen LogP contribution < -0.4 is 15.2 Å². The first kappa shape index (κ1) is 28.6. The molecular formula is C30H31ClN8O4. The molecule has 4 heterocycles. The molecule has 2 fully saturated rings. The number of rotatable bonds is 6. The number of amides is 1. The van der Waals surface area contributed by atoms with Gasteiger partial charge in [0.25, 0.3) is 5.56 Å². The first-order chi connectivity index (χ1) is 20.8. The van der Waals surface area contributed by atoms with E-state index in [-0.39, 0.29) is 42.6 Å². The summed E-state index contributed by atoms with van der Waals surface area (Å²) in [4.78, 5) is 45.6. The number of nitriles is 1. The summed E-state index contributed by atoms with van der Waals surface area (Å²) in [6.07, 6.45) is 0.996. The average molecular weight is 603 g/mol. The Bertz CT molecular complexity index is 1820. The molecule has 2 aliphatic heterocycles. The predicted octanol–water partition coefficient (Wildman–Crippen LogP) is 3.85. The van der Waals surface area contributed by atoms with Gasteiger partial charge in [0.1, 0.15) is 17.9 Å². The van der Waals surface area contributed by atoms with E-state index in [1.807, 2.05) is 42.3 Å². The van der Waals surface area contributed by atoms with E-state index in [4.69, 9.17) is 26.3 Å². The molecule has 6 rings (SSSR count). The molecule has 13 heteroatoms. The number of benzene rings is 2. The van der Waals surface area contributed by atoms with Gasteiger partial charge in [-0.2, -0.15) is 15.2 Å². The second-order valence-electron chi connectivity index (χ2n) is 11.0. The van der Waals surface area contributed by atoms with Crippen LogP contribution in [-0.4, -0.2) is 92.4 Å². The number of hydrogen-bond acceptors (Lipinski definition) is 9. The molecule has 2 saturated heterocycles. The zero-order valence-electron chi connectivity index (χ0n) is 23.9. The van der Waals surface area contributed by atoms with Crippen LogP contribution in [0.5, 0.6) is 6.01 Å². The molecule has 0 unspecified atom stereocenters. The molecule has 4 aromatic rings. The maximum atomic E-state index is 14.3. The molecule has 0 aliphatic carbocycles. The smallest absolute Gasteiger partial charge is 0.407 e. The Morgan fingerprint density at radius 3 is 2.63 bits per heavy atom. The topological polar surface area (TPSA) is 141 Å². The van der Waals surface area contributed by atoms with Crippen molar-refractivity contribution in [2.75, 3.05) is 44.7 Å². The van der Waals surface area contributed by atoms with Gasteiger partial charge in [-0.15, -0.1) is 0 Å². The zero-order chi connectivity index (χ0) is 30.2. The third-order valence-electron chi connectivity index (χ3n) is 8.35. The second-order valence-corrected chi connectivity index (χ2v) is 11.4. The Morgan fingerprint density at radius 1 is 1.12 bits per heavy atom. The Morgan fingerprint density at radius 2 is 1.91 bits per heavy atom. The lowest BCUT2D eigenvalue weighted by Gasteiger charge is -2.39. The monoisotopic (exact) mass is 602 g/mol. The maximum Gasteiger partial charge on any atom is 0.407 e. The van der Waals surface area contributed by atoms with E-state index in [2.05, 4.69) is 16.0 Å². The highest BCUT2D eigenvalue weighted by atomic mass is 35.5. The quantitative estimate of drug-likeness (QED) is 0.346. The summed E-state index contributed by atoms with van der Waals surface area (Å²) < 4.78 is 7.61. The van der Waals surface area contributed by atoms with Gasteiger partial charge in [0.05, 0.1) is 29.2 Å². The fraction of sp³-hybridized carbons (Fsp3) is 0.400. The van der Waals surface area contributed by atoms with E-state index in [9.17, 15) is 20.0 Å². The molecule has 2 aromatic heterocycles.